The van der Waals surface area contributed by atoms with E-state index in [1.54, 1.807) is 11.9 Å². The second-order valence-corrected chi connectivity index (χ2v) is 5.55. The van der Waals surface area contributed by atoms with E-state index in [0.29, 0.717) is 17.8 Å². The van der Waals surface area contributed by atoms with Crippen molar-refractivity contribution in [2.45, 2.75) is 6.04 Å². The molecule has 0 fully saturated rings. The summed E-state index contributed by atoms with van der Waals surface area (Å²) in [6.07, 6.45) is 0. The minimum atomic E-state index is -0.380. The number of carbonyl (C=O) groups excluding carboxylic acids is 2. The van der Waals surface area contributed by atoms with Crippen LogP contribution in [0, 0.1) is 0 Å². The smallest absolute Gasteiger partial charge is 0.319 e. The van der Waals surface area contributed by atoms with Crippen LogP contribution in [0.25, 0.3) is 0 Å². The maximum atomic E-state index is 12.2. The van der Waals surface area contributed by atoms with Gasteiger partial charge in [0.25, 0.3) is 5.91 Å². The Bertz CT molecular complexity index is 594. The number of amides is 3. The molecular formula is C13H12BrN3O2. The minimum Gasteiger partial charge on any atom is -0.336 e. The molecular weight excluding hydrogens is 310 g/mol. The number of urea groups is 1. The molecule has 0 spiro atoms. The number of halogens is 1. The fraction of sp³-hybridized carbons (Fsp3) is 0.231. The molecule has 1 aromatic carbocycles. The first-order chi connectivity index (χ1) is 9.06. The largest absolute Gasteiger partial charge is 0.336 e. The summed E-state index contributed by atoms with van der Waals surface area (Å²) in [5, 5.41) is 5.51. The predicted octanol–water partition coefficient (Wildman–Crippen LogP) is 1.53. The Labute approximate surface area is 118 Å². The maximum Gasteiger partial charge on any atom is 0.319 e. The molecule has 3 amide bonds. The number of benzene rings is 1. The van der Waals surface area contributed by atoms with Crippen LogP contribution in [0.1, 0.15) is 11.6 Å². The van der Waals surface area contributed by atoms with Crippen LogP contribution < -0.4 is 10.6 Å². The third-order valence-corrected chi connectivity index (χ3v) is 3.86. The predicted molar refractivity (Wildman–Crippen MR) is 73.2 cm³/mol. The van der Waals surface area contributed by atoms with Gasteiger partial charge in [-0.15, -0.1) is 0 Å². The Morgan fingerprint density at radius 3 is 2.63 bits per heavy atom. The zero-order valence-corrected chi connectivity index (χ0v) is 11.8. The van der Waals surface area contributed by atoms with Gasteiger partial charge in [0.05, 0.1) is 23.9 Å². The van der Waals surface area contributed by atoms with Gasteiger partial charge in [-0.25, -0.2) is 4.79 Å². The zero-order valence-electron chi connectivity index (χ0n) is 10.2. The maximum absolute atomic E-state index is 12.2. The normalized spacial score (nSPS) is 22.2. The number of likely N-dealkylation sites (N-methyl/N-ethyl adjacent to an activating group) is 1. The van der Waals surface area contributed by atoms with Crippen LogP contribution in [-0.2, 0) is 4.79 Å². The molecule has 0 unspecified atom stereocenters. The highest BCUT2D eigenvalue weighted by Crippen LogP contribution is 2.32. The van der Waals surface area contributed by atoms with Crippen LogP contribution in [-0.4, -0.2) is 30.4 Å². The van der Waals surface area contributed by atoms with Crippen molar-refractivity contribution in [3.63, 3.8) is 0 Å². The number of hydrogen-bond acceptors (Lipinski definition) is 2. The highest BCUT2D eigenvalue weighted by molar-refractivity contribution is 9.10. The van der Waals surface area contributed by atoms with Crippen LogP contribution in [0.3, 0.4) is 0 Å². The highest BCUT2D eigenvalue weighted by atomic mass is 79.9. The molecule has 98 valence electrons. The van der Waals surface area contributed by atoms with Crippen LogP contribution in [0.15, 0.2) is 40.0 Å². The van der Waals surface area contributed by atoms with Crippen molar-refractivity contribution < 1.29 is 9.59 Å². The van der Waals surface area contributed by atoms with E-state index in [2.05, 4.69) is 26.6 Å². The van der Waals surface area contributed by atoms with Gasteiger partial charge in [0, 0.05) is 11.5 Å². The molecule has 5 nitrogen and oxygen atoms in total. The van der Waals surface area contributed by atoms with Gasteiger partial charge < -0.3 is 15.5 Å². The van der Waals surface area contributed by atoms with E-state index in [0.717, 1.165) is 10.0 Å². The molecule has 3 rings (SSSR count). The molecule has 2 N–H and O–H groups in total. The van der Waals surface area contributed by atoms with Gasteiger partial charge in [-0.05, 0) is 17.7 Å². The molecule has 1 atom stereocenters. The van der Waals surface area contributed by atoms with Crippen molar-refractivity contribution in [1.29, 1.82) is 0 Å². The first-order valence-electron chi connectivity index (χ1n) is 5.88. The second-order valence-electron chi connectivity index (χ2n) is 4.64. The summed E-state index contributed by atoms with van der Waals surface area (Å²) >= 11 is 3.37. The molecule has 0 bridgehead atoms. The number of rotatable bonds is 1. The quantitative estimate of drug-likeness (QED) is 0.824. The summed E-state index contributed by atoms with van der Waals surface area (Å²) in [4.78, 5) is 25.4. The molecule has 1 aromatic rings. The van der Waals surface area contributed by atoms with Gasteiger partial charge in [0.1, 0.15) is 0 Å². The summed E-state index contributed by atoms with van der Waals surface area (Å²) in [7, 11) is 1.73. The third-order valence-electron chi connectivity index (χ3n) is 3.33. The lowest BCUT2D eigenvalue weighted by Crippen LogP contribution is -2.44. The van der Waals surface area contributed by atoms with Gasteiger partial charge in [-0.3, -0.25) is 4.79 Å². The van der Waals surface area contributed by atoms with Crippen LogP contribution in [0.4, 0.5) is 4.79 Å². The van der Waals surface area contributed by atoms with E-state index >= 15 is 0 Å². The average molecular weight is 322 g/mol. The van der Waals surface area contributed by atoms with E-state index in [1.807, 2.05) is 24.3 Å². The topological polar surface area (TPSA) is 61.4 Å². The summed E-state index contributed by atoms with van der Waals surface area (Å²) in [6, 6.07) is 6.94. The van der Waals surface area contributed by atoms with E-state index in [4.69, 9.17) is 0 Å². The number of nitrogens with zero attached hydrogens (tertiary/aromatic N) is 1. The van der Waals surface area contributed by atoms with Gasteiger partial charge in [-0.2, -0.15) is 0 Å². The van der Waals surface area contributed by atoms with Crippen molar-refractivity contribution in [3.8, 4) is 0 Å². The van der Waals surface area contributed by atoms with E-state index in [9.17, 15) is 9.59 Å². The minimum absolute atomic E-state index is 0.0459. The lowest BCUT2D eigenvalue weighted by molar-refractivity contribution is -0.124. The number of nitrogens with one attached hydrogen (secondary N) is 2. The first kappa shape index (κ1) is 12.2. The Morgan fingerprint density at radius 1 is 1.26 bits per heavy atom. The Hall–Kier alpha value is -1.82. The molecule has 0 aromatic heterocycles. The summed E-state index contributed by atoms with van der Waals surface area (Å²) in [5.41, 5.74) is 2.22. The molecule has 19 heavy (non-hydrogen) atoms. The lowest BCUT2D eigenvalue weighted by atomic mass is 9.96. The second kappa shape index (κ2) is 4.38. The van der Waals surface area contributed by atoms with E-state index in [1.165, 1.54) is 0 Å². The monoisotopic (exact) mass is 321 g/mol. The van der Waals surface area contributed by atoms with E-state index in [-0.39, 0.29) is 18.0 Å². The van der Waals surface area contributed by atoms with Crippen molar-refractivity contribution >= 4 is 27.9 Å². The molecule has 2 aliphatic heterocycles. The fourth-order valence-electron chi connectivity index (χ4n) is 2.42. The van der Waals surface area contributed by atoms with Crippen LogP contribution >= 0.6 is 15.9 Å². The van der Waals surface area contributed by atoms with Crippen molar-refractivity contribution in [3.05, 3.63) is 45.6 Å². The van der Waals surface area contributed by atoms with Crippen LogP contribution in [0.5, 0.6) is 0 Å². The molecule has 2 heterocycles. The third kappa shape index (κ3) is 2.02. The van der Waals surface area contributed by atoms with E-state index < -0.39 is 0 Å². The Morgan fingerprint density at radius 2 is 1.95 bits per heavy atom. The Kier molecular flexibility index (Phi) is 2.82. The highest BCUT2D eigenvalue weighted by Gasteiger charge is 2.38. The zero-order chi connectivity index (χ0) is 13.6. The Balaban J connectivity index is 2.04. The molecule has 0 saturated heterocycles. The van der Waals surface area contributed by atoms with Crippen molar-refractivity contribution in [2.75, 3.05) is 13.6 Å². The van der Waals surface area contributed by atoms with Gasteiger partial charge in [0.2, 0.25) is 0 Å². The van der Waals surface area contributed by atoms with Crippen molar-refractivity contribution in [2.24, 2.45) is 0 Å². The van der Waals surface area contributed by atoms with Gasteiger partial charge in [-0.1, -0.05) is 28.1 Å². The molecule has 0 saturated carbocycles. The number of carbonyl (C=O) groups is 2. The fourth-order valence-corrected chi connectivity index (χ4v) is 2.68. The van der Waals surface area contributed by atoms with Crippen molar-refractivity contribution in [1.82, 2.24) is 15.5 Å². The summed E-state index contributed by atoms with van der Waals surface area (Å²) in [6.45, 7) is 0.453. The molecule has 2 aliphatic rings. The summed E-state index contributed by atoms with van der Waals surface area (Å²) < 4.78 is 0.959. The SMILES string of the molecule is CN1CC2=C(C1=O)[C@H](c1ccc(Br)cc1)NC(=O)N2. The molecule has 6 heteroatoms. The van der Waals surface area contributed by atoms with Crippen LogP contribution in [0.2, 0.25) is 0 Å². The number of hydrogen-bond donors (Lipinski definition) is 2. The van der Waals surface area contributed by atoms with Gasteiger partial charge >= 0.3 is 6.03 Å². The molecule has 0 aliphatic carbocycles. The standard InChI is InChI=1S/C13H12BrN3O2/c1-17-6-9-10(12(17)18)11(16-13(19)15-9)7-2-4-8(14)5-3-7/h2-5,11H,6H2,1H3,(H2,15,16,19)/t11-/m0/s1. The lowest BCUT2D eigenvalue weighted by Gasteiger charge is -2.25. The van der Waals surface area contributed by atoms with Gasteiger partial charge in [0.15, 0.2) is 0 Å². The average Bonchev–Trinajstić information content (AvgIpc) is 2.65. The molecule has 0 radical (unpaired) electrons. The first-order valence-corrected chi connectivity index (χ1v) is 6.67. The summed E-state index contributed by atoms with van der Waals surface area (Å²) in [5.74, 6) is -0.0459.